The number of hydrogen-bond donors (Lipinski definition) is 0. The van der Waals surface area contributed by atoms with Crippen molar-refractivity contribution in [1.82, 2.24) is 0 Å². The van der Waals surface area contributed by atoms with Crippen molar-refractivity contribution in [2.75, 3.05) is 0 Å². The molecule has 0 bridgehead atoms. The molecule has 0 aromatic rings. The van der Waals surface area contributed by atoms with Gasteiger partial charge in [-0.25, -0.2) is 0 Å². The van der Waals surface area contributed by atoms with Crippen LogP contribution in [0, 0.1) is 0 Å². The maximum atomic E-state index is 6.22. The summed E-state index contributed by atoms with van der Waals surface area (Å²) in [5, 5.41) is 5.52. The van der Waals surface area contributed by atoms with E-state index in [0.717, 1.165) is 0 Å². The molecule has 1 nitrogen and oxygen atoms in total. The molecular weight excluding hydrogens is 257 g/mol. The van der Waals surface area contributed by atoms with E-state index in [-0.39, 0.29) is 0 Å². The summed E-state index contributed by atoms with van der Waals surface area (Å²) in [6, 6.07) is 0. The Bertz CT molecular complexity index is 70.2. The van der Waals surface area contributed by atoms with E-state index in [2.05, 4.69) is 27.7 Å². The molecule has 0 N–H and O–H groups in total. The monoisotopic (exact) mass is 282 g/mol. The van der Waals surface area contributed by atoms with Crippen molar-refractivity contribution in [2.24, 2.45) is 0 Å². The minimum absolute atomic E-state index is 1.15. The minimum atomic E-state index is -1.15. The third-order valence-electron chi connectivity index (χ3n) is 2.21. The molecule has 0 atom stereocenters. The summed E-state index contributed by atoms with van der Waals surface area (Å²) in [6.45, 7) is 9.22. The van der Waals surface area contributed by atoms with Gasteiger partial charge < -0.3 is 0 Å². The normalized spacial score (nSPS) is 11.5. The van der Waals surface area contributed by atoms with Gasteiger partial charge in [-0.05, 0) is 0 Å². The molecular formula is C8H22Ge2O. The van der Waals surface area contributed by atoms with Crippen LogP contribution in [0.4, 0.5) is 0 Å². The zero-order valence-electron chi connectivity index (χ0n) is 8.39. The van der Waals surface area contributed by atoms with E-state index in [1.807, 2.05) is 0 Å². The van der Waals surface area contributed by atoms with Gasteiger partial charge >= 0.3 is 80.9 Å². The molecule has 0 fully saturated rings. The fourth-order valence-electron chi connectivity index (χ4n) is 1.23. The summed E-state index contributed by atoms with van der Waals surface area (Å²) in [7, 11) is 0. The van der Waals surface area contributed by atoms with Gasteiger partial charge in [0, 0.05) is 0 Å². The van der Waals surface area contributed by atoms with Crippen LogP contribution in [0.3, 0.4) is 0 Å². The molecule has 3 heteroatoms. The van der Waals surface area contributed by atoms with E-state index in [9.17, 15) is 0 Å². The van der Waals surface area contributed by atoms with Crippen molar-refractivity contribution in [3.8, 4) is 0 Å². The molecule has 0 aliphatic carbocycles. The first-order valence-electron chi connectivity index (χ1n) is 4.93. The third kappa shape index (κ3) is 5.31. The molecule has 0 amide bonds. The molecule has 0 aliphatic heterocycles. The van der Waals surface area contributed by atoms with E-state index in [4.69, 9.17) is 2.79 Å². The van der Waals surface area contributed by atoms with Crippen LogP contribution in [0.2, 0.25) is 21.0 Å². The zero-order chi connectivity index (χ0) is 8.69. The van der Waals surface area contributed by atoms with Crippen LogP contribution in [0.25, 0.3) is 0 Å². The van der Waals surface area contributed by atoms with Gasteiger partial charge in [-0.3, -0.25) is 0 Å². The Morgan fingerprint density at radius 1 is 0.727 bits per heavy atom. The summed E-state index contributed by atoms with van der Waals surface area (Å²) in [6.07, 6.45) is 0. The quantitative estimate of drug-likeness (QED) is 0.679. The van der Waals surface area contributed by atoms with Crippen LogP contribution < -0.4 is 0 Å². The molecule has 0 spiro atoms. The fourth-order valence-corrected chi connectivity index (χ4v) is 20.7. The Morgan fingerprint density at radius 2 is 1.00 bits per heavy atom. The van der Waals surface area contributed by atoms with E-state index in [1.165, 1.54) is 21.0 Å². The van der Waals surface area contributed by atoms with Crippen molar-refractivity contribution in [1.29, 1.82) is 0 Å². The van der Waals surface area contributed by atoms with Crippen molar-refractivity contribution >= 4 is 29.4 Å². The zero-order valence-corrected chi connectivity index (χ0v) is 13.2. The average Bonchev–Trinajstić information content (AvgIpc) is 2.07. The van der Waals surface area contributed by atoms with E-state index >= 15 is 0 Å². The molecule has 0 saturated heterocycles. The molecule has 0 aromatic heterocycles. The summed E-state index contributed by atoms with van der Waals surface area (Å²) in [4.78, 5) is 0. The van der Waals surface area contributed by atoms with Crippen LogP contribution in [-0.2, 0) is 2.79 Å². The molecule has 0 aliphatic rings. The van der Waals surface area contributed by atoms with Gasteiger partial charge in [0.1, 0.15) is 0 Å². The van der Waals surface area contributed by atoms with Gasteiger partial charge in [-0.15, -0.1) is 0 Å². The standard InChI is InChI=1S/C8H22Ge2O/c1-5-9(6-2)11-10(7-3)8-4/h9-10H,5-8H2,1-4H3. The second-order valence-corrected chi connectivity index (χ2v) is 18.6. The molecule has 0 saturated carbocycles. The predicted molar refractivity (Wildman–Crippen MR) is 57.3 cm³/mol. The Labute approximate surface area is 80.8 Å². The fraction of sp³-hybridized carbons (Fsp3) is 1.00. The van der Waals surface area contributed by atoms with Gasteiger partial charge in [0.15, 0.2) is 0 Å². The van der Waals surface area contributed by atoms with E-state index < -0.39 is 29.4 Å². The number of hydrogen-bond acceptors (Lipinski definition) is 1. The van der Waals surface area contributed by atoms with Gasteiger partial charge in [0.25, 0.3) is 0 Å². The Hall–Kier alpha value is 1.05. The van der Waals surface area contributed by atoms with Crippen molar-refractivity contribution in [3.05, 3.63) is 0 Å². The van der Waals surface area contributed by atoms with Crippen molar-refractivity contribution in [3.63, 3.8) is 0 Å². The Kier molecular flexibility index (Phi) is 8.41. The van der Waals surface area contributed by atoms with Crippen LogP contribution in [0.15, 0.2) is 0 Å². The maximum absolute atomic E-state index is 6.22. The molecule has 0 radical (unpaired) electrons. The van der Waals surface area contributed by atoms with Crippen LogP contribution in [0.1, 0.15) is 27.7 Å². The van der Waals surface area contributed by atoms with Crippen molar-refractivity contribution in [2.45, 2.75) is 48.7 Å². The van der Waals surface area contributed by atoms with Crippen molar-refractivity contribution < 1.29 is 2.79 Å². The molecule has 68 valence electrons. The Balaban J connectivity index is 3.58. The number of rotatable bonds is 6. The Morgan fingerprint density at radius 3 is 1.18 bits per heavy atom. The summed E-state index contributed by atoms with van der Waals surface area (Å²) in [5.41, 5.74) is 0. The van der Waals surface area contributed by atoms with E-state index in [0.29, 0.717) is 0 Å². The molecule has 0 rings (SSSR count). The third-order valence-corrected chi connectivity index (χ3v) is 19.9. The summed E-state index contributed by atoms with van der Waals surface area (Å²) in [5.74, 6) is 0. The second kappa shape index (κ2) is 7.68. The predicted octanol–water partition coefficient (Wildman–Crippen LogP) is 2.53. The van der Waals surface area contributed by atoms with E-state index in [1.54, 1.807) is 0 Å². The molecule has 0 heterocycles. The van der Waals surface area contributed by atoms with Crippen LogP contribution in [0.5, 0.6) is 0 Å². The summed E-state index contributed by atoms with van der Waals surface area (Å²) >= 11 is -2.29. The molecule has 0 aromatic carbocycles. The first kappa shape index (κ1) is 12.0. The molecule has 0 unspecified atom stereocenters. The first-order chi connectivity index (χ1) is 5.28. The van der Waals surface area contributed by atoms with Gasteiger partial charge in [-0.1, -0.05) is 0 Å². The first-order valence-corrected chi connectivity index (χ1v) is 13.8. The second-order valence-electron chi connectivity index (χ2n) is 3.01. The van der Waals surface area contributed by atoms with Gasteiger partial charge in [0.2, 0.25) is 0 Å². The average molecular weight is 279 g/mol. The topological polar surface area (TPSA) is 9.23 Å². The van der Waals surface area contributed by atoms with Crippen LogP contribution in [-0.4, -0.2) is 29.4 Å². The molecule has 11 heavy (non-hydrogen) atoms. The van der Waals surface area contributed by atoms with Gasteiger partial charge in [-0.2, -0.15) is 0 Å². The summed E-state index contributed by atoms with van der Waals surface area (Å²) < 4.78 is 6.22. The van der Waals surface area contributed by atoms with Gasteiger partial charge in [0.05, 0.1) is 0 Å². The SMILES string of the molecule is C[CH2][GeH]([CH2]C)[O][GeH]([CH2]C)[CH2]C. The van der Waals surface area contributed by atoms with Crippen LogP contribution >= 0.6 is 0 Å².